The molecule has 6 nitrogen and oxygen atoms in total. The van der Waals surface area contributed by atoms with Gasteiger partial charge in [-0.25, -0.2) is 18.9 Å². The third-order valence-electron chi connectivity index (χ3n) is 3.25. The summed E-state index contributed by atoms with van der Waals surface area (Å²) >= 11 is 5.89. The number of halogens is 2. The van der Waals surface area contributed by atoms with Crippen molar-refractivity contribution in [1.29, 1.82) is 0 Å². The molecule has 0 bridgehead atoms. The second-order valence-corrected chi connectivity index (χ2v) is 5.39. The van der Waals surface area contributed by atoms with E-state index < -0.39 is 17.9 Å². The molecule has 0 amide bonds. The van der Waals surface area contributed by atoms with Crippen molar-refractivity contribution in [2.45, 2.75) is 12.6 Å². The number of aromatic nitrogens is 4. The second kappa shape index (κ2) is 7.18. The summed E-state index contributed by atoms with van der Waals surface area (Å²) < 4.78 is 20.3. The van der Waals surface area contributed by atoms with Gasteiger partial charge in [-0.2, -0.15) is 5.10 Å². The molecule has 2 aromatic heterocycles. The third kappa shape index (κ3) is 3.94. The van der Waals surface area contributed by atoms with Crippen molar-refractivity contribution in [2.75, 3.05) is 0 Å². The Kier molecular flexibility index (Phi) is 4.81. The van der Waals surface area contributed by atoms with E-state index in [-0.39, 0.29) is 12.1 Å². The van der Waals surface area contributed by atoms with E-state index >= 15 is 0 Å². The average molecular weight is 347 g/mol. The molecule has 1 atom stereocenters. The molecule has 0 saturated carbocycles. The van der Waals surface area contributed by atoms with E-state index in [1.807, 2.05) is 0 Å². The highest BCUT2D eigenvalue weighted by Crippen LogP contribution is 2.23. The Hall–Kier alpha value is -2.80. The summed E-state index contributed by atoms with van der Waals surface area (Å²) in [6.07, 6.45) is 4.53. The second-order valence-electron chi connectivity index (χ2n) is 4.95. The largest absolute Gasteiger partial charge is 0.452 e. The highest BCUT2D eigenvalue weighted by Gasteiger charge is 2.20. The van der Waals surface area contributed by atoms with Gasteiger partial charge in [0.15, 0.2) is 0 Å². The molecule has 0 unspecified atom stereocenters. The van der Waals surface area contributed by atoms with Crippen LogP contribution < -0.4 is 0 Å². The van der Waals surface area contributed by atoms with Crippen LogP contribution in [-0.2, 0) is 11.3 Å². The molecule has 0 aliphatic rings. The summed E-state index contributed by atoms with van der Waals surface area (Å²) in [6.45, 7) is 0.260. The zero-order chi connectivity index (χ0) is 16.9. The maximum Gasteiger partial charge on any atom is 0.340 e. The minimum Gasteiger partial charge on any atom is -0.452 e. The van der Waals surface area contributed by atoms with E-state index in [0.29, 0.717) is 5.02 Å². The minimum atomic E-state index is -0.679. The number of nitrogens with zero attached hydrogens (tertiary/aromatic N) is 4. The first-order chi connectivity index (χ1) is 11.6. The summed E-state index contributed by atoms with van der Waals surface area (Å²) in [6, 6.07) is 7.97. The van der Waals surface area contributed by atoms with Crippen molar-refractivity contribution in [3.05, 3.63) is 77.3 Å². The van der Waals surface area contributed by atoms with Gasteiger partial charge in [0.1, 0.15) is 24.6 Å². The lowest BCUT2D eigenvalue weighted by Gasteiger charge is -2.18. The molecule has 0 saturated heterocycles. The summed E-state index contributed by atoms with van der Waals surface area (Å²) in [5.41, 5.74) is 0.764. The van der Waals surface area contributed by atoms with Gasteiger partial charge in [-0.05, 0) is 23.8 Å². The molecule has 1 aromatic carbocycles. The summed E-state index contributed by atoms with van der Waals surface area (Å²) in [7, 11) is 0. The molecule has 0 fully saturated rings. The first-order valence-electron chi connectivity index (χ1n) is 7.01. The van der Waals surface area contributed by atoms with Gasteiger partial charge < -0.3 is 4.74 Å². The Morgan fingerprint density at radius 1 is 1.25 bits per heavy atom. The fraction of sp³-hybridized carbons (Fsp3) is 0.125. The highest BCUT2D eigenvalue weighted by molar-refractivity contribution is 6.30. The molecule has 3 rings (SSSR count). The molecule has 0 aliphatic carbocycles. The maximum absolute atomic E-state index is 13.2. The fourth-order valence-corrected chi connectivity index (χ4v) is 2.23. The molecule has 2 heterocycles. The monoisotopic (exact) mass is 346 g/mol. The topological polar surface area (TPSA) is 69.9 Å². The van der Waals surface area contributed by atoms with Gasteiger partial charge in [0.25, 0.3) is 0 Å². The number of benzene rings is 1. The van der Waals surface area contributed by atoms with Crippen molar-refractivity contribution in [3.63, 3.8) is 0 Å². The van der Waals surface area contributed by atoms with Gasteiger partial charge in [0.2, 0.25) is 0 Å². The van der Waals surface area contributed by atoms with Gasteiger partial charge in [0.05, 0.1) is 18.3 Å². The molecular formula is C16H12ClFN4O2. The van der Waals surface area contributed by atoms with Gasteiger partial charge in [-0.1, -0.05) is 23.7 Å². The van der Waals surface area contributed by atoms with Crippen molar-refractivity contribution in [3.8, 4) is 0 Å². The molecular weight excluding hydrogens is 335 g/mol. The number of hydrogen-bond donors (Lipinski definition) is 0. The Morgan fingerprint density at radius 2 is 2.04 bits per heavy atom. The molecule has 24 heavy (non-hydrogen) atoms. The van der Waals surface area contributed by atoms with Crippen LogP contribution in [0.1, 0.15) is 22.0 Å². The van der Waals surface area contributed by atoms with E-state index in [9.17, 15) is 9.18 Å². The molecule has 8 heteroatoms. The molecule has 0 radical (unpaired) electrons. The first kappa shape index (κ1) is 16.1. The normalized spacial score (nSPS) is 11.9. The number of hydrogen-bond acceptors (Lipinski definition) is 5. The molecule has 0 N–H and O–H groups in total. The SMILES string of the molecule is O=C(O[C@H](Cn1cncn1)c1ccc(Cl)cc1)c1cncc(F)c1. The predicted molar refractivity (Wildman–Crippen MR) is 83.8 cm³/mol. The van der Waals surface area contributed by atoms with E-state index in [0.717, 1.165) is 17.8 Å². The fourth-order valence-electron chi connectivity index (χ4n) is 2.11. The Morgan fingerprint density at radius 3 is 2.71 bits per heavy atom. The Bertz CT molecular complexity index is 824. The van der Waals surface area contributed by atoms with Gasteiger partial charge >= 0.3 is 5.97 Å². The molecule has 0 aliphatic heterocycles. The molecule has 3 aromatic rings. The van der Waals surface area contributed by atoms with Crippen LogP contribution in [0.3, 0.4) is 0 Å². The van der Waals surface area contributed by atoms with Crippen LogP contribution in [0.5, 0.6) is 0 Å². The van der Waals surface area contributed by atoms with E-state index in [1.54, 1.807) is 24.3 Å². The maximum atomic E-state index is 13.2. The summed E-state index contributed by atoms with van der Waals surface area (Å²) in [5, 5.41) is 4.58. The quantitative estimate of drug-likeness (QED) is 0.664. The number of carbonyl (C=O) groups is 1. The Balaban J connectivity index is 1.83. The van der Waals surface area contributed by atoms with Crippen LogP contribution in [-0.4, -0.2) is 25.7 Å². The van der Waals surface area contributed by atoms with Crippen LogP contribution in [0, 0.1) is 5.82 Å². The van der Waals surface area contributed by atoms with Crippen LogP contribution >= 0.6 is 11.6 Å². The smallest absolute Gasteiger partial charge is 0.340 e. The number of esters is 1. The number of carbonyl (C=O) groups excluding carboxylic acids is 1. The predicted octanol–water partition coefficient (Wildman–Crippen LogP) is 3.06. The van der Waals surface area contributed by atoms with Crippen LogP contribution in [0.4, 0.5) is 4.39 Å². The minimum absolute atomic E-state index is 0.0348. The van der Waals surface area contributed by atoms with Gasteiger partial charge in [0, 0.05) is 11.2 Å². The van der Waals surface area contributed by atoms with E-state index in [4.69, 9.17) is 16.3 Å². The molecule has 122 valence electrons. The lowest BCUT2D eigenvalue weighted by atomic mass is 10.1. The number of rotatable bonds is 5. The van der Waals surface area contributed by atoms with Crippen molar-refractivity contribution in [2.24, 2.45) is 0 Å². The van der Waals surface area contributed by atoms with Crippen LogP contribution in [0.2, 0.25) is 5.02 Å². The zero-order valence-corrected chi connectivity index (χ0v) is 13.1. The van der Waals surface area contributed by atoms with Gasteiger partial charge in [-0.15, -0.1) is 0 Å². The van der Waals surface area contributed by atoms with E-state index in [2.05, 4.69) is 15.1 Å². The van der Waals surface area contributed by atoms with Crippen molar-refractivity contribution >= 4 is 17.6 Å². The zero-order valence-electron chi connectivity index (χ0n) is 12.3. The summed E-state index contributed by atoms with van der Waals surface area (Å²) in [5.74, 6) is -1.29. The first-order valence-corrected chi connectivity index (χ1v) is 7.39. The van der Waals surface area contributed by atoms with Crippen LogP contribution in [0.15, 0.2) is 55.4 Å². The van der Waals surface area contributed by atoms with Crippen molar-refractivity contribution in [1.82, 2.24) is 19.7 Å². The average Bonchev–Trinajstić information content (AvgIpc) is 3.08. The number of ether oxygens (including phenoxy) is 1. The van der Waals surface area contributed by atoms with Crippen molar-refractivity contribution < 1.29 is 13.9 Å². The summed E-state index contributed by atoms with van der Waals surface area (Å²) in [4.78, 5) is 19.8. The number of pyridine rings is 1. The van der Waals surface area contributed by atoms with E-state index in [1.165, 1.54) is 23.5 Å². The molecule has 0 spiro atoms. The Labute approximate surface area is 141 Å². The van der Waals surface area contributed by atoms with Crippen LogP contribution in [0.25, 0.3) is 0 Å². The third-order valence-corrected chi connectivity index (χ3v) is 3.50. The highest BCUT2D eigenvalue weighted by atomic mass is 35.5. The van der Waals surface area contributed by atoms with Gasteiger partial charge in [-0.3, -0.25) is 4.98 Å². The standard InChI is InChI=1S/C16H12ClFN4O2/c17-13-3-1-11(2-4-13)15(8-22-10-20-9-21-22)24-16(23)12-5-14(18)7-19-6-12/h1-7,9-10,15H,8H2/t15-/m1/s1. The lowest BCUT2D eigenvalue weighted by molar-refractivity contribution is 0.0245. The lowest BCUT2D eigenvalue weighted by Crippen LogP contribution is -2.17.